The van der Waals surface area contributed by atoms with Crippen LogP contribution >= 0.6 is 15.9 Å². The van der Waals surface area contributed by atoms with E-state index in [1.807, 2.05) is 12.3 Å². The molecule has 0 N–H and O–H groups in total. The van der Waals surface area contributed by atoms with Crippen LogP contribution in [0.3, 0.4) is 0 Å². The Morgan fingerprint density at radius 2 is 2.24 bits per heavy atom. The SMILES string of the molecule is CC(C)(C)C1CCN(c2ncccc2CBr)C1. The highest BCUT2D eigenvalue weighted by molar-refractivity contribution is 9.08. The lowest BCUT2D eigenvalue weighted by Gasteiger charge is -2.27. The first-order valence-corrected chi connectivity index (χ1v) is 7.39. The number of anilines is 1. The van der Waals surface area contributed by atoms with Gasteiger partial charge in [0.25, 0.3) is 0 Å². The topological polar surface area (TPSA) is 16.1 Å². The minimum Gasteiger partial charge on any atom is -0.356 e. The van der Waals surface area contributed by atoms with Gasteiger partial charge in [-0.3, -0.25) is 0 Å². The Hall–Kier alpha value is -0.570. The number of alkyl halides is 1. The molecule has 0 aliphatic carbocycles. The first-order valence-electron chi connectivity index (χ1n) is 6.27. The first kappa shape index (κ1) is 12.9. The molecule has 0 radical (unpaired) electrons. The lowest BCUT2D eigenvalue weighted by molar-refractivity contribution is 0.263. The van der Waals surface area contributed by atoms with Gasteiger partial charge in [0.2, 0.25) is 0 Å². The molecular weight excluding hydrogens is 276 g/mol. The number of hydrogen-bond donors (Lipinski definition) is 0. The summed E-state index contributed by atoms with van der Waals surface area (Å²) in [5.74, 6) is 1.93. The van der Waals surface area contributed by atoms with Crippen molar-refractivity contribution in [3.8, 4) is 0 Å². The molecule has 1 aromatic rings. The highest BCUT2D eigenvalue weighted by atomic mass is 79.9. The molecule has 0 saturated carbocycles. The molecular formula is C14H21BrN2. The summed E-state index contributed by atoms with van der Waals surface area (Å²) in [6, 6.07) is 4.17. The Balaban J connectivity index is 2.15. The summed E-state index contributed by atoms with van der Waals surface area (Å²) >= 11 is 3.54. The molecule has 0 bridgehead atoms. The van der Waals surface area contributed by atoms with Gasteiger partial charge in [-0.25, -0.2) is 4.98 Å². The van der Waals surface area contributed by atoms with Crippen LogP contribution in [0.5, 0.6) is 0 Å². The molecule has 1 aromatic heterocycles. The monoisotopic (exact) mass is 296 g/mol. The van der Waals surface area contributed by atoms with Crippen molar-refractivity contribution in [3.63, 3.8) is 0 Å². The highest BCUT2D eigenvalue weighted by Gasteiger charge is 2.32. The second-order valence-electron chi connectivity index (χ2n) is 5.92. The van der Waals surface area contributed by atoms with Gasteiger partial charge in [0, 0.05) is 30.2 Å². The average Bonchev–Trinajstić information content (AvgIpc) is 2.77. The molecule has 94 valence electrons. The summed E-state index contributed by atoms with van der Waals surface area (Å²) in [4.78, 5) is 6.98. The minimum absolute atomic E-state index is 0.401. The van der Waals surface area contributed by atoms with Crippen molar-refractivity contribution < 1.29 is 0 Å². The molecule has 17 heavy (non-hydrogen) atoms. The Kier molecular flexibility index (Phi) is 3.76. The van der Waals surface area contributed by atoms with E-state index in [1.165, 1.54) is 12.0 Å². The maximum Gasteiger partial charge on any atom is 0.132 e. The van der Waals surface area contributed by atoms with Gasteiger partial charge in [-0.1, -0.05) is 42.8 Å². The zero-order chi connectivity index (χ0) is 12.5. The highest BCUT2D eigenvalue weighted by Crippen LogP contribution is 2.36. The summed E-state index contributed by atoms with van der Waals surface area (Å²) in [6.07, 6.45) is 3.17. The van der Waals surface area contributed by atoms with Crippen molar-refractivity contribution in [2.45, 2.75) is 32.5 Å². The number of nitrogens with zero attached hydrogens (tertiary/aromatic N) is 2. The lowest BCUT2D eigenvalue weighted by atomic mass is 9.80. The largest absolute Gasteiger partial charge is 0.356 e. The summed E-state index contributed by atoms with van der Waals surface area (Å²) in [7, 11) is 0. The maximum atomic E-state index is 4.54. The third kappa shape index (κ3) is 2.82. The van der Waals surface area contributed by atoms with E-state index >= 15 is 0 Å². The van der Waals surface area contributed by atoms with Gasteiger partial charge in [0.05, 0.1) is 0 Å². The van der Waals surface area contributed by atoms with Crippen molar-refractivity contribution in [1.29, 1.82) is 0 Å². The quantitative estimate of drug-likeness (QED) is 0.771. The van der Waals surface area contributed by atoms with Crippen LogP contribution in [0.25, 0.3) is 0 Å². The number of hydrogen-bond acceptors (Lipinski definition) is 2. The van der Waals surface area contributed by atoms with Crippen molar-refractivity contribution in [2.24, 2.45) is 11.3 Å². The number of rotatable bonds is 2. The molecule has 1 saturated heterocycles. The molecule has 1 unspecified atom stereocenters. The molecule has 1 fully saturated rings. The van der Waals surface area contributed by atoms with Crippen LogP contribution in [0.15, 0.2) is 18.3 Å². The van der Waals surface area contributed by atoms with E-state index in [0.29, 0.717) is 5.41 Å². The van der Waals surface area contributed by atoms with Gasteiger partial charge >= 0.3 is 0 Å². The third-order valence-electron chi connectivity index (χ3n) is 3.72. The van der Waals surface area contributed by atoms with E-state index in [2.05, 4.69) is 52.7 Å². The molecule has 1 aliphatic rings. The van der Waals surface area contributed by atoms with Crippen molar-refractivity contribution in [2.75, 3.05) is 18.0 Å². The van der Waals surface area contributed by atoms with Gasteiger partial charge in [-0.2, -0.15) is 0 Å². The van der Waals surface area contributed by atoms with Crippen LogP contribution in [0.4, 0.5) is 5.82 Å². The van der Waals surface area contributed by atoms with E-state index in [-0.39, 0.29) is 0 Å². The predicted molar refractivity (Wildman–Crippen MR) is 76.6 cm³/mol. The number of aromatic nitrogens is 1. The zero-order valence-corrected chi connectivity index (χ0v) is 12.5. The van der Waals surface area contributed by atoms with Crippen LogP contribution in [-0.4, -0.2) is 18.1 Å². The fourth-order valence-corrected chi connectivity index (χ4v) is 2.92. The van der Waals surface area contributed by atoms with Gasteiger partial charge in [0.1, 0.15) is 5.82 Å². The van der Waals surface area contributed by atoms with Gasteiger partial charge in [0.15, 0.2) is 0 Å². The fraction of sp³-hybridized carbons (Fsp3) is 0.643. The molecule has 2 rings (SSSR count). The van der Waals surface area contributed by atoms with E-state index < -0.39 is 0 Å². The van der Waals surface area contributed by atoms with Crippen LogP contribution in [0.1, 0.15) is 32.8 Å². The Labute approximate surface area is 113 Å². The van der Waals surface area contributed by atoms with E-state index in [4.69, 9.17) is 0 Å². The summed E-state index contributed by atoms with van der Waals surface area (Å²) in [5.41, 5.74) is 1.69. The molecule has 0 spiro atoms. The van der Waals surface area contributed by atoms with E-state index in [1.54, 1.807) is 0 Å². The van der Waals surface area contributed by atoms with Crippen molar-refractivity contribution in [3.05, 3.63) is 23.9 Å². The Morgan fingerprint density at radius 3 is 2.82 bits per heavy atom. The Bertz CT molecular complexity index is 384. The number of halogens is 1. The van der Waals surface area contributed by atoms with Crippen LogP contribution in [0.2, 0.25) is 0 Å². The van der Waals surface area contributed by atoms with Crippen LogP contribution in [0, 0.1) is 11.3 Å². The lowest BCUT2D eigenvalue weighted by Crippen LogP contribution is -2.26. The normalized spacial score (nSPS) is 20.9. The predicted octanol–water partition coefficient (Wildman–Crippen LogP) is 3.85. The van der Waals surface area contributed by atoms with E-state index in [9.17, 15) is 0 Å². The molecule has 2 nitrogen and oxygen atoms in total. The average molecular weight is 297 g/mol. The molecule has 0 aromatic carbocycles. The minimum atomic E-state index is 0.401. The molecule has 1 aliphatic heterocycles. The molecule has 0 amide bonds. The first-order chi connectivity index (χ1) is 8.02. The van der Waals surface area contributed by atoms with E-state index in [0.717, 1.165) is 30.2 Å². The molecule has 2 heterocycles. The summed E-state index contributed by atoms with van der Waals surface area (Å²) in [6.45, 7) is 9.29. The van der Waals surface area contributed by atoms with Crippen molar-refractivity contribution >= 4 is 21.7 Å². The van der Waals surface area contributed by atoms with Gasteiger partial charge in [-0.05, 0) is 23.8 Å². The second-order valence-corrected chi connectivity index (χ2v) is 6.48. The maximum absolute atomic E-state index is 4.54. The van der Waals surface area contributed by atoms with Crippen LogP contribution < -0.4 is 4.90 Å². The smallest absolute Gasteiger partial charge is 0.132 e. The number of pyridine rings is 1. The van der Waals surface area contributed by atoms with Crippen LogP contribution in [-0.2, 0) is 5.33 Å². The summed E-state index contributed by atoms with van der Waals surface area (Å²) in [5, 5.41) is 0.882. The van der Waals surface area contributed by atoms with Gasteiger partial charge < -0.3 is 4.90 Å². The third-order valence-corrected chi connectivity index (χ3v) is 4.33. The fourth-order valence-electron chi connectivity index (χ4n) is 2.48. The second kappa shape index (κ2) is 4.97. The standard InChI is InChI=1S/C14H21BrN2/c1-14(2,3)12-6-8-17(10-12)13-11(9-15)5-4-7-16-13/h4-5,7,12H,6,8-10H2,1-3H3. The Morgan fingerprint density at radius 1 is 1.47 bits per heavy atom. The molecule has 3 heteroatoms. The zero-order valence-electron chi connectivity index (χ0n) is 10.9. The van der Waals surface area contributed by atoms with Gasteiger partial charge in [-0.15, -0.1) is 0 Å². The summed E-state index contributed by atoms with van der Waals surface area (Å²) < 4.78 is 0. The van der Waals surface area contributed by atoms with Crippen molar-refractivity contribution in [1.82, 2.24) is 4.98 Å². The molecule has 1 atom stereocenters.